The summed E-state index contributed by atoms with van der Waals surface area (Å²) in [5, 5.41) is 1.07. The molecule has 4 aliphatic carbocycles. The Kier molecular flexibility index (Phi) is 2.86. The SMILES string of the molecule is NN(C(=O)C12CC3CC(CC(C3)C1)C2)c1ccccc1F. The van der Waals surface area contributed by atoms with Gasteiger partial charge in [0.15, 0.2) is 0 Å². The van der Waals surface area contributed by atoms with Crippen molar-refractivity contribution in [3.05, 3.63) is 30.1 Å². The number of nitrogens with zero attached hydrogens (tertiary/aromatic N) is 1. The molecule has 21 heavy (non-hydrogen) atoms. The second-order valence-electron chi connectivity index (χ2n) is 7.32. The molecule has 3 nitrogen and oxygen atoms in total. The van der Waals surface area contributed by atoms with E-state index in [1.165, 1.54) is 25.3 Å². The van der Waals surface area contributed by atoms with Gasteiger partial charge in [0.1, 0.15) is 5.82 Å². The van der Waals surface area contributed by atoms with Crippen LogP contribution in [0.2, 0.25) is 0 Å². The molecule has 0 aromatic heterocycles. The fourth-order valence-corrected chi connectivity index (χ4v) is 5.38. The number of amides is 1. The normalized spacial score (nSPS) is 36.8. The second kappa shape index (κ2) is 4.54. The van der Waals surface area contributed by atoms with Crippen LogP contribution in [0.5, 0.6) is 0 Å². The molecule has 1 aromatic rings. The molecule has 0 saturated heterocycles. The number of hydrazine groups is 1. The lowest BCUT2D eigenvalue weighted by Crippen LogP contribution is -2.56. The Morgan fingerprint density at radius 2 is 1.62 bits per heavy atom. The Morgan fingerprint density at radius 3 is 2.14 bits per heavy atom. The van der Waals surface area contributed by atoms with Crippen LogP contribution in [-0.2, 0) is 4.79 Å². The first kappa shape index (κ1) is 13.3. The standard InChI is InChI=1S/C17H21FN2O/c18-14-3-1-2-4-15(14)20(19)16(21)17-8-11-5-12(9-17)7-13(6-11)10-17/h1-4,11-13H,5-10,19H2. The molecule has 1 aromatic carbocycles. The third-order valence-corrected chi connectivity index (χ3v) is 5.82. The van der Waals surface area contributed by atoms with E-state index < -0.39 is 5.82 Å². The average Bonchev–Trinajstić information content (AvgIpc) is 2.45. The largest absolute Gasteiger partial charge is 0.272 e. The first-order chi connectivity index (χ1) is 10.1. The van der Waals surface area contributed by atoms with E-state index >= 15 is 0 Å². The number of hydrogen-bond donors (Lipinski definition) is 1. The smallest absolute Gasteiger partial charge is 0.247 e. The highest BCUT2D eigenvalue weighted by Gasteiger charge is 2.55. The summed E-state index contributed by atoms with van der Waals surface area (Å²) in [6.45, 7) is 0. The monoisotopic (exact) mass is 288 g/mol. The minimum atomic E-state index is -0.432. The van der Waals surface area contributed by atoms with Crippen LogP contribution in [0.3, 0.4) is 0 Å². The van der Waals surface area contributed by atoms with E-state index in [9.17, 15) is 9.18 Å². The highest BCUT2D eigenvalue weighted by molar-refractivity contribution is 5.97. The van der Waals surface area contributed by atoms with Crippen LogP contribution in [0.15, 0.2) is 24.3 Å². The van der Waals surface area contributed by atoms with E-state index in [4.69, 9.17) is 5.84 Å². The van der Waals surface area contributed by atoms with Crippen molar-refractivity contribution in [2.24, 2.45) is 29.0 Å². The molecule has 5 rings (SSSR count). The van der Waals surface area contributed by atoms with Crippen molar-refractivity contribution in [1.82, 2.24) is 0 Å². The van der Waals surface area contributed by atoms with Gasteiger partial charge < -0.3 is 0 Å². The molecule has 4 heteroatoms. The van der Waals surface area contributed by atoms with Gasteiger partial charge >= 0.3 is 0 Å². The number of halogens is 1. The number of benzene rings is 1. The van der Waals surface area contributed by atoms with Crippen LogP contribution in [0.25, 0.3) is 0 Å². The van der Waals surface area contributed by atoms with Crippen molar-refractivity contribution in [3.63, 3.8) is 0 Å². The first-order valence-electron chi connectivity index (χ1n) is 7.91. The summed E-state index contributed by atoms with van der Waals surface area (Å²) in [5.74, 6) is 7.52. The van der Waals surface area contributed by atoms with Crippen LogP contribution in [-0.4, -0.2) is 5.91 Å². The minimum Gasteiger partial charge on any atom is -0.272 e. The molecular weight excluding hydrogens is 267 g/mol. The van der Waals surface area contributed by atoms with Gasteiger partial charge in [-0.3, -0.25) is 4.79 Å². The summed E-state index contributed by atoms with van der Waals surface area (Å²) < 4.78 is 13.9. The first-order valence-corrected chi connectivity index (χ1v) is 7.91. The molecule has 0 unspecified atom stereocenters. The molecule has 0 spiro atoms. The van der Waals surface area contributed by atoms with Gasteiger partial charge in [0, 0.05) is 0 Å². The highest BCUT2D eigenvalue weighted by atomic mass is 19.1. The quantitative estimate of drug-likeness (QED) is 0.516. The Bertz CT molecular complexity index is 551. The third-order valence-electron chi connectivity index (χ3n) is 5.82. The lowest BCUT2D eigenvalue weighted by atomic mass is 9.49. The maximum Gasteiger partial charge on any atom is 0.247 e. The average molecular weight is 288 g/mol. The fraction of sp³-hybridized carbons (Fsp3) is 0.588. The predicted octanol–water partition coefficient (Wildman–Crippen LogP) is 3.25. The molecule has 4 aliphatic rings. The molecule has 0 heterocycles. The number of para-hydroxylation sites is 1. The van der Waals surface area contributed by atoms with Gasteiger partial charge in [0.2, 0.25) is 5.91 Å². The van der Waals surface area contributed by atoms with E-state index in [-0.39, 0.29) is 17.0 Å². The van der Waals surface area contributed by atoms with Gasteiger partial charge in [-0.15, -0.1) is 0 Å². The Hall–Kier alpha value is -1.42. The fourth-order valence-electron chi connectivity index (χ4n) is 5.38. The van der Waals surface area contributed by atoms with Gasteiger partial charge in [-0.25, -0.2) is 15.2 Å². The van der Waals surface area contributed by atoms with Crippen molar-refractivity contribution in [1.29, 1.82) is 0 Å². The molecular formula is C17H21FN2O. The number of anilines is 1. The van der Waals surface area contributed by atoms with E-state index in [1.807, 2.05) is 0 Å². The van der Waals surface area contributed by atoms with E-state index in [2.05, 4.69) is 0 Å². The van der Waals surface area contributed by atoms with Gasteiger partial charge in [-0.2, -0.15) is 0 Å². The summed E-state index contributed by atoms with van der Waals surface area (Å²) in [6.07, 6.45) is 6.66. The van der Waals surface area contributed by atoms with Gasteiger partial charge in [-0.1, -0.05) is 12.1 Å². The van der Waals surface area contributed by atoms with Crippen LogP contribution < -0.4 is 10.9 Å². The zero-order chi connectivity index (χ0) is 14.6. The van der Waals surface area contributed by atoms with Crippen molar-refractivity contribution in [3.8, 4) is 0 Å². The number of carbonyl (C=O) groups excluding carboxylic acids is 1. The van der Waals surface area contributed by atoms with E-state index in [1.54, 1.807) is 18.2 Å². The number of hydrogen-bond acceptors (Lipinski definition) is 2. The van der Waals surface area contributed by atoms with Crippen LogP contribution >= 0.6 is 0 Å². The lowest BCUT2D eigenvalue weighted by molar-refractivity contribution is -0.143. The van der Waals surface area contributed by atoms with Crippen LogP contribution in [0.4, 0.5) is 10.1 Å². The number of nitrogens with two attached hydrogens (primary N) is 1. The summed E-state index contributed by atoms with van der Waals surface area (Å²) in [7, 11) is 0. The molecule has 0 aliphatic heterocycles. The van der Waals surface area contributed by atoms with E-state index in [0.29, 0.717) is 17.8 Å². The third kappa shape index (κ3) is 2.00. The molecule has 2 N–H and O–H groups in total. The van der Waals surface area contributed by atoms with Crippen LogP contribution in [0.1, 0.15) is 38.5 Å². The highest BCUT2D eigenvalue weighted by Crippen LogP contribution is 2.60. The van der Waals surface area contributed by atoms with Gasteiger partial charge in [0.25, 0.3) is 0 Å². The van der Waals surface area contributed by atoms with Crippen molar-refractivity contribution in [2.45, 2.75) is 38.5 Å². The maximum atomic E-state index is 13.9. The Balaban J connectivity index is 1.64. The maximum absolute atomic E-state index is 13.9. The summed E-state index contributed by atoms with van der Waals surface area (Å²) in [4.78, 5) is 13.0. The van der Waals surface area contributed by atoms with E-state index in [0.717, 1.165) is 24.3 Å². The number of rotatable bonds is 2. The predicted molar refractivity (Wildman–Crippen MR) is 78.7 cm³/mol. The molecule has 0 radical (unpaired) electrons. The Labute approximate surface area is 124 Å². The molecule has 112 valence electrons. The zero-order valence-corrected chi connectivity index (χ0v) is 12.1. The zero-order valence-electron chi connectivity index (χ0n) is 12.1. The molecule has 4 fully saturated rings. The molecule has 4 saturated carbocycles. The molecule has 1 amide bonds. The van der Waals surface area contributed by atoms with Crippen molar-refractivity contribution < 1.29 is 9.18 Å². The summed E-state index contributed by atoms with van der Waals surface area (Å²) in [6, 6.07) is 6.25. The van der Waals surface area contributed by atoms with Crippen LogP contribution in [0, 0.1) is 29.0 Å². The number of carbonyl (C=O) groups is 1. The van der Waals surface area contributed by atoms with Crippen molar-refractivity contribution in [2.75, 3.05) is 5.01 Å². The summed E-state index contributed by atoms with van der Waals surface area (Å²) >= 11 is 0. The molecule has 0 atom stereocenters. The van der Waals surface area contributed by atoms with Crippen molar-refractivity contribution >= 4 is 11.6 Å². The second-order valence-corrected chi connectivity index (χ2v) is 7.32. The van der Waals surface area contributed by atoms with Gasteiger partial charge in [0.05, 0.1) is 11.1 Å². The minimum absolute atomic E-state index is 0.0771. The topological polar surface area (TPSA) is 46.3 Å². The van der Waals surface area contributed by atoms with Gasteiger partial charge in [-0.05, 0) is 68.4 Å². The molecule has 4 bridgehead atoms. The Morgan fingerprint density at radius 1 is 1.10 bits per heavy atom. The lowest BCUT2D eigenvalue weighted by Gasteiger charge is -2.56. The summed E-state index contributed by atoms with van der Waals surface area (Å²) in [5.41, 5.74) is -0.135.